The smallest absolute Gasteiger partial charge is 0.0300 e. The van der Waals surface area contributed by atoms with Gasteiger partial charge < -0.3 is 10.2 Å². The van der Waals surface area contributed by atoms with Gasteiger partial charge in [-0.2, -0.15) is 0 Å². The molecule has 3 heteroatoms. The molecule has 18 heavy (non-hydrogen) atoms. The molecule has 1 saturated heterocycles. The first kappa shape index (κ1) is 14.0. The lowest BCUT2D eigenvalue weighted by Gasteiger charge is -2.23. The van der Waals surface area contributed by atoms with E-state index in [0.29, 0.717) is 5.41 Å². The Bertz CT molecular complexity index is 332. The maximum Gasteiger partial charge on any atom is 0.0300 e. The molecule has 2 rings (SSSR count). The van der Waals surface area contributed by atoms with Gasteiger partial charge in [0.25, 0.3) is 0 Å². The minimum atomic E-state index is 0.555. The van der Waals surface area contributed by atoms with Crippen LogP contribution in [0.1, 0.15) is 38.0 Å². The molecule has 1 N–H and O–H groups in total. The second-order valence-corrected chi connectivity index (χ2v) is 7.15. The molecule has 0 atom stereocenters. The first-order valence-electron chi connectivity index (χ1n) is 7.11. The summed E-state index contributed by atoms with van der Waals surface area (Å²) in [7, 11) is 0. The Kier molecular flexibility index (Phi) is 5.22. The third-order valence-electron chi connectivity index (χ3n) is 3.92. The lowest BCUT2D eigenvalue weighted by atomic mass is 9.85. The second kappa shape index (κ2) is 6.69. The molecule has 1 aromatic heterocycles. The van der Waals surface area contributed by atoms with Crippen molar-refractivity contribution in [3.8, 4) is 0 Å². The predicted octanol–water partition coefficient (Wildman–Crippen LogP) is 3.35. The van der Waals surface area contributed by atoms with Crippen molar-refractivity contribution in [2.75, 3.05) is 26.2 Å². The molecule has 2 heterocycles. The fourth-order valence-corrected chi connectivity index (χ4v) is 3.24. The third kappa shape index (κ3) is 4.71. The Hall–Kier alpha value is -0.380. The first-order chi connectivity index (χ1) is 8.66. The van der Waals surface area contributed by atoms with Gasteiger partial charge in [-0.3, -0.25) is 0 Å². The van der Waals surface area contributed by atoms with Gasteiger partial charge in [-0.1, -0.05) is 19.9 Å². The van der Waals surface area contributed by atoms with E-state index in [4.69, 9.17) is 0 Å². The number of nitrogens with zero attached hydrogens (tertiary/aromatic N) is 1. The molecule has 0 aromatic carbocycles. The van der Waals surface area contributed by atoms with Gasteiger partial charge in [0, 0.05) is 24.5 Å². The molecule has 1 aliphatic heterocycles. The summed E-state index contributed by atoms with van der Waals surface area (Å²) in [5.41, 5.74) is 0.555. The molecule has 102 valence electrons. The highest BCUT2D eigenvalue weighted by molar-refractivity contribution is 7.09. The average Bonchev–Trinajstić information content (AvgIpc) is 2.77. The Morgan fingerprint density at radius 1 is 1.33 bits per heavy atom. The van der Waals surface area contributed by atoms with Gasteiger partial charge in [0.2, 0.25) is 0 Å². The lowest BCUT2D eigenvalue weighted by molar-refractivity contribution is 0.262. The predicted molar refractivity (Wildman–Crippen MR) is 80.1 cm³/mol. The SMILES string of the molecule is CC1(C)CCCN(CCNCc2cccs2)CC1. The van der Waals surface area contributed by atoms with E-state index in [1.54, 1.807) is 0 Å². The number of nitrogens with one attached hydrogen (secondary N) is 1. The van der Waals surface area contributed by atoms with Crippen molar-refractivity contribution in [1.82, 2.24) is 10.2 Å². The zero-order valence-corrected chi connectivity index (χ0v) is 12.6. The van der Waals surface area contributed by atoms with Gasteiger partial charge in [0.05, 0.1) is 0 Å². The third-order valence-corrected chi connectivity index (χ3v) is 4.79. The number of likely N-dealkylation sites (tertiary alicyclic amines) is 1. The van der Waals surface area contributed by atoms with Gasteiger partial charge in [0.1, 0.15) is 0 Å². The second-order valence-electron chi connectivity index (χ2n) is 6.12. The molecule has 1 aromatic rings. The number of hydrogen-bond acceptors (Lipinski definition) is 3. The van der Waals surface area contributed by atoms with E-state index in [1.807, 2.05) is 11.3 Å². The van der Waals surface area contributed by atoms with Crippen LogP contribution in [0.5, 0.6) is 0 Å². The summed E-state index contributed by atoms with van der Waals surface area (Å²) < 4.78 is 0. The van der Waals surface area contributed by atoms with Crippen molar-refractivity contribution in [3.63, 3.8) is 0 Å². The lowest BCUT2D eigenvalue weighted by Crippen LogP contribution is -2.33. The molecule has 0 saturated carbocycles. The zero-order valence-electron chi connectivity index (χ0n) is 11.7. The van der Waals surface area contributed by atoms with Crippen molar-refractivity contribution in [3.05, 3.63) is 22.4 Å². The Labute approximate surface area is 115 Å². The van der Waals surface area contributed by atoms with Crippen LogP contribution in [-0.2, 0) is 6.54 Å². The highest BCUT2D eigenvalue weighted by Crippen LogP contribution is 2.29. The fourth-order valence-electron chi connectivity index (χ4n) is 2.56. The van der Waals surface area contributed by atoms with Crippen LogP contribution in [0.4, 0.5) is 0 Å². The normalized spacial score (nSPS) is 20.8. The summed E-state index contributed by atoms with van der Waals surface area (Å²) in [6, 6.07) is 4.32. The summed E-state index contributed by atoms with van der Waals surface area (Å²) in [5, 5.41) is 5.69. The highest BCUT2D eigenvalue weighted by Gasteiger charge is 2.22. The number of rotatable bonds is 5. The van der Waals surface area contributed by atoms with Crippen LogP contribution in [-0.4, -0.2) is 31.1 Å². The molecule has 0 unspecified atom stereocenters. The summed E-state index contributed by atoms with van der Waals surface area (Å²) in [6.45, 7) is 10.7. The van der Waals surface area contributed by atoms with Crippen LogP contribution in [0.3, 0.4) is 0 Å². The minimum absolute atomic E-state index is 0.555. The topological polar surface area (TPSA) is 15.3 Å². The minimum Gasteiger partial charge on any atom is -0.311 e. The van der Waals surface area contributed by atoms with E-state index < -0.39 is 0 Å². The van der Waals surface area contributed by atoms with Crippen molar-refractivity contribution in [2.24, 2.45) is 5.41 Å². The molecule has 2 nitrogen and oxygen atoms in total. The Morgan fingerprint density at radius 3 is 3.00 bits per heavy atom. The zero-order chi connectivity index (χ0) is 12.8. The van der Waals surface area contributed by atoms with Crippen molar-refractivity contribution >= 4 is 11.3 Å². The maximum atomic E-state index is 3.54. The fraction of sp³-hybridized carbons (Fsp3) is 0.733. The van der Waals surface area contributed by atoms with E-state index in [1.165, 1.54) is 43.8 Å². The van der Waals surface area contributed by atoms with E-state index in [0.717, 1.165) is 13.1 Å². The van der Waals surface area contributed by atoms with Gasteiger partial charge in [-0.15, -0.1) is 11.3 Å². The number of hydrogen-bond donors (Lipinski definition) is 1. The van der Waals surface area contributed by atoms with Crippen molar-refractivity contribution < 1.29 is 0 Å². The van der Waals surface area contributed by atoms with Gasteiger partial charge in [-0.25, -0.2) is 0 Å². The largest absolute Gasteiger partial charge is 0.311 e. The van der Waals surface area contributed by atoms with Crippen LogP contribution in [0.2, 0.25) is 0 Å². The van der Waals surface area contributed by atoms with E-state index in [-0.39, 0.29) is 0 Å². The van der Waals surface area contributed by atoms with Crippen LogP contribution < -0.4 is 5.32 Å². The summed E-state index contributed by atoms with van der Waals surface area (Å²) in [6.07, 6.45) is 4.09. The van der Waals surface area contributed by atoms with Crippen LogP contribution >= 0.6 is 11.3 Å². The molecule has 0 amide bonds. The van der Waals surface area contributed by atoms with E-state index in [9.17, 15) is 0 Å². The van der Waals surface area contributed by atoms with Crippen molar-refractivity contribution in [1.29, 1.82) is 0 Å². The quantitative estimate of drug-likeness (QED) is 0.822. The monoisotopic (exact) mass is 266 g/mol. The maximum absolute atomic E-state index is 3.54. The molecular weight excluding hydrogens is 240 g/mol. The number of thiophene rings is 1. The van der Waals surface area contributed by atoms with Crippen LogP contribution in [0.25, 0.3) is 0 Å². The van der Waals surface area contributed by atoms with Crippen LogP contribution in [0.15, 0.2) is 17.5 Å². The van der Waals surface area contributed by atoms with Gasteiger partial charge in [-0.05, 0) is 49.2 Å². The van der Waals surface area contributed by atoms with Gasteiger partial charge >= 0.3 is 0 Å². The standard InChI is InChI=1S/C15H26N2S/c1-15(2)6-4-9-17(10-7-15)11-8-16-13-14-5-3-12-18-14/h3,5,12,16H,4,6-11,13H2,1-2H3. The molecule has 0 aliphatic carbocycles. The van der Waals surface area contributed by atoms with E-state index in [2.05, 4.69) is 41.6 Å². The molecule has 0 bridgehead atoms. The molecule has 0 radical (unpaired) electrons. The first-order valence-corrected chi connectivity index (χ1v) is 7.99. The average molecular weight is 266 g/mol. The summed E-state index contributed by atoms with van der Waals surface area (Å²) in [5.74, 6) is 0. The van der Waals surface area contributed by atoms with Gasteiger partial charge in [0.15, 0.2) is 0 Å². The molecular formula is C15H26N2S. The molecule has 1 fully saturated rings. The summed E-state index contributed by atoms with van der Waals surface area (Å²) >= 11 is 1.84. The molecule has 0 spiro atoms. The van der Waals surface area contributed by atoms with E-state index >= 15 is 0 Å². The molecule has 1 aliphatic rings. The van der Waals surface area contributed by atoms with Crippen LogP contribution in [0, 0.1) is 5.41 Å². The summed E-state index contributed by atoms with van der Waals surface area (Å²) in [4.78, 5) is 4.06. The Balaban J connectivity index is 1.61. The van der Waals surface area contributed by atoms with Crippen molar-refractivity contribution in [2.45, 2.75) is 39.7 Å². The highest BCUT2D eigenvalue weighted by atomic mass is 32.1. The Morgan fingerprint density at radius 2 is 2.22 bits per heavy atom.